The molecular formula is C46H22B10N2. The highest BCUT2D eigenvalue weighted by atomic mass is 15.1. The van der Waals surface area contributed by atoms with E-state index in [0.29, 0.717) is 22.3 Å². The Morgan fingerprint density at radius 1 is 0.379 bits per heavy atom. The number of aromatic nitrogens is 2. The van der Waals surface area contributed by atoms with E-state index in [4.69, 9.17) is 83.4 Å². The summed E-state index contributed by atoms with van der Waals surface area (Å²) in [6.07, 6.45) is 0. The van der Waals surface area contributed by atoms with Crippen LogP contribution in [0.5, 0.6) is 0 Å². The monoisotopic (exact) mass is 712 g/mol. The van der Waals surface area contributed by atoms with Crippen molar-refractivity contribution in [2.24, 2.45) is 0 Å². The highest BCUT2D eigenvalue weighted by Gasteiger charge is 2.23. The molecule has 0 saturated heterocycles. The van der Waals surface area contributed by atoms with Crippen molar-refractivity contribution in [3.8, 4) is 50.2 Å². The Balaban J connectivity index is 1.41. The van der Waals surface area contributed by atoms with Gasteiger partial charge in [0, 0.05) is 5.56 Å². The van der Waals surface area contributed by atoms with Crippen LogP contribution in [0.25, 0.3) is 82.8 Å². The molecule has 8 aromatic carbocycles. The van der Waals surface area contributed by atoms with Crippen LogP contribution < -0.4 is 54.6 Å². The van der Waals surface area contributed by atoms with Crippen molar-refractivity contribution >= 4 is 166 Å². The maximum Gasteiger partial charge on any atom is 0.113 e. The van der Waals surface area contributed by atoms with Crippen molar-refractivity contribution in [3.63, 3.8) is 0 Å². The first-order chi connectivity index (χ1) is 27.9. The average molecular weight is 711 g/mol. The van der Waals surface area contributed by atoms with E-state index in [0.717, 1.165) is 66.3 Å². The molecule has 0 fully saturated rings. The number of rotatable bonds is 5. The highest BCUT2D eigenvalue weighted by Crippen LogP contribution is 2.46. The van der Waals surface area contributed by atoms with E-state index in [-0.39, 0.29) is 54.6 Å². The van der Waals surface area contributed by atoms with Gasteiger partial charge in [0.2, 0.25) is 0 Å². The Bertz CT molecular complexity index is 3000. The normalized spacial score (nSPS) is 11.5. The summed E-state index contributed by atoms with van der Waals surface area (Å²) in [6, 6.07) is 39.2. The second-order valence-electron chi connectivity index (χ2n) is 14.5. The maximum atomic E-state index is 6.70. The average Bonchev–Trinajstić information content (AvgIpc) is 3.58. The van der Waals surface area contributed by atoms with E-state index in [1.54, 1.807) is 0 Å². The summed E-state index contributed by atoms with van der Waals surface area (Å²) in [5.74, 6) is 0.883. The zero-order valence-corrected chi connectivity index (χ0v) is 31.6. The fraction of sp³-hybridized carbons (Fsp3) is 0.0217. The van der Waals surface area contributed by atoms with Crippen molar-refractivity contribution < 1.29 is 0 Å². The van der Waals surface area contributed by atoms with E-state index < -0.39 is 0 Å². The maximum absolute atomic E-state index is 6.70. The Morgan fingerprint density at radius 2 is 0.741 bits per heavy atom. The van der Waals surface area contributed by atoms with Gasteiger partial charge in [0.15, 0.2) is 0 Å². The second kappa shape index (κ2) is 14.3. The minimum Gasteiger partial charge on any atom is -0.296 e. The smallest absolute Gasteiger partial charge is 0.113 e. The van der Waals surface area contributed by atoms with Gasteiger partial charge in [0.1, 0.15) is 84.3 Å². The van der Waals surface area contributed by atoms with Gasteiger partial charge in [-0.15, -0.1) is 32.8 Å². The number of benzene rings is 8. The predicted molar refractivity (Wildman–Crippen MR) is 256 cm³/mol. The van der Waals surface area contributed by atoms with Gasteiger partial charge in [-0.2, -0.15) is 0 Å². The van der Waals surface area contributed by atoms with Crippen LogP contribution in [-0.4, -0.2) is 88.0 Å². The minimum absolute atomic E-state index is 0.106. The van der Waals surface area contributed by atoms with Crippen molar-refractivity contribution in [3.05, 3.63) is 121 Å². The quantitative estimate of drug-likeness (QED) is 0.185. The summed E-state index contributed by atoms with van der Waals surface area (Å²) >= 11 is 0. The topological polar surface area (TPSA) is 17.8 Å². The lowest BCUT2D eigenvalue weighted by atomic mass is 9.59. The number of para-hydroxylation sites is 3. The van der Waals surface area contributed by atoms with Gasteiger partial charge in [0.05, 0.1) is 16.7 Å². The molecule has 58 heavy (non-hydrogen) atoms. The molecule has 0 bridgehead atoms. The highest BCUT2D eigenvalue weighted by molar-refractivity contribution is 6.70. The number of hydrogen-bond donors (Lipinski definition) is 0. The number of fused-ring (bicyclic) bond motifs is 3. The number of hydrogen-bond acceptors (Lipinski definition) is 1. The molecule has 12 heteroatoms. The molecule has 1 aromatic heterocycles. The molecule has 1 heterocycles. The van der Waals surface area contributed by atoms with Gasteiger partial charge < -0.3 is 0 Å². The molecule has 0 aliphatic carbocycles. The molecule has 9 rings (SSSR count). The van der Waals surface area contributed by atoms with Crippen LogP contribution in [0.15, 0.2) is 115 Å². The molecule has 2 nitrogen and oxygen atoms in total. The molecule has 0 atom stereocenters. The second-order valence-corrected chi connectivity index (χ2v) is 14.5. The largest absolute Gasteiger partial charge is 0.296 e. The lowest BCUT2D eigenvalue weighted by Crippen LogP contribution is -2.55. The van der Waals surface area contributed by atoms with Gasteiger partial charge in [-0.3, -0.25) is 4.57 Å². The lowest BCUT2D eigenvalue weighted by molar-refractivity contribution is 1.00. The van der Waals surface area contributed by atoms with E-state index >= 15 is 0 Å². The molecule has 0 amide bonds. The molecule has 0 aliphatic rings. The summed E-state index contributed by atoms with van der Waals surface area (Å²) in [6.45, 7) is 2.03. The van der Waals surface area contributed by atoms with Crippen LogP contribution >= 0.6 is 0 Å². The van der Waals surface area contributed by atoms with Gasteiger partial charge in [0.25, 0.3) is 0 Å². The summed E-state index contributed by atoms with van der Waals surface area (Å²) in [4.78, 5) is 4.91. The minimum atomic E-state index is 0.106. The third kappa shape index (κ3) is 5.74. The van der Waals surface area contributed by atoms with Gasteiger partial charge in [-0.25, -0.2) is 4.98 Å². The van der Waals surface area contributed by atoms with Gasteiger partial charge >= 0.3 is 0 Å². The van der Waals surface area contributed by atoms with Crippen LogP contribution in [0.3, 0.4) is 0 Å². The van der Waals surface area contributed by atoms with Gasteiger partial charge in [-0.1, -0.05) is 101 Å². The lowest BCUT2D eigenvalue weighted by Gasteiger charge is -2.25. The predicted octanol–water partition coefficient (Wildman–Crippen LogP) is 0.246. The third-order valence-corrected chi connectivity index (χ3v) is 11.3. The summed E-state index contributed by atoms with van der Waals surface area (Å²) in [5, 5.41) is 4.02. The van der Waals surface area contributed by atoms with Crippen LogP contribution in [0.1, 0.15) is 5.82 Å². The van der Waals surface area contributed by atoms with Crippen molar-refractivity contribution in [2.45, 2.75) is 6.92 Å². The molecule has 9 aromatic rings. The van der Waals surface area contributed by atoms with Crippen molar-refractivity contribution in [2.75, 3.05) is 0 Å². The SMILES string of the molecule is [B]c1c([B])c([B])c(-c2cc(-c3c([B])c([B])c([B])c([B])c3[B])cc(-c3c4ccccc4c(-c4ccccc4-n4c(C)nc5ccccc54)c4ccccc34)c2)c([B])c1[B]. The number of imidazole rings is 1. The van der Waals surface area contributed by atoms with E-state index in [9.17, 15) is 0 Å². The molecule has 0 unspecified atom stereocenters. The summed E-state index contributed by atoms with van der Waals surface area (Å²) in [7, 11) is 65.0. The van der Waals surface area contributed by atoms with E-state index in [2.05, 4.69) is 71.3 Å². The Labute approximate surface area is 351 Å². The van der Waals surface area contributed by atoms with E-state index in [1.807, 2.05) is 55.5 Å². The summed E-state index contributed by atoms with van der Waals surface area (Å²) < 4.78 is 2.22. The molecule has 0 aliphatic heterocycles. The molecule has 0 spiro atoms. The Hall–Kier alpha value is -5.60. The molecular weight excluding hydrogens is 689 g/mol. The molecule has 246 valence electrons. The fourth-order valence-corrected chi connectivity index (χ4v) is 8.44. The first kappa shape index (κ1) is 37.9. The number of aryl methyl sites for hydroxylation is 1. The van der Waals surface area contributed by atoms with Crippen LogP contribution in [0.4, 0.5) is 0 Å². The Kier molecular flexibility index (Phi) is 9.39. The first-order valence-corrected chi connectivity index (χ1v) is 18.5. The molecule has 20 radical (unpaired) electrons. The molecule has 0 saturated carbocycles. The van der Waals surface area contributed by atoms with Crippen LogP contribution in [0, 0.1) is 6.92 Å². The van der Waals surface area contributed by atoms with Crippen molar-refractivity contribution in [1.82, 2.24) is 9.55 Å². The van der Waals surface area contributed by atoms with Crippen LogP contribution in [0.2, 0.25) is 0 Å². The number of nitrogens with zero attached hydrogens (tertiary/aromatic N) is 2. The standard InChI is InChI=1S/C46H22B10N2/c1-21-57-30-15-7-9-17-32(30)58(21)31-16-8-6-14-29(31)36-27-12-4-2-10-25(27)33(26-11-3-5-13-28(26)36)22-18-23(34-37(47)41(51)45(55)42(52)38(34)48)20-24(19-22)35-39(49)43(53)46(56)44(54)40(35)50/h2-20H,1H3. The van der Waals surface area contributed by atoms with Crippen LogP contribution in [-0.2, 0) is 0 Å². The van der Waals surface area contributed by atoms with Crippen molar-refractivity contribution in [1.29, 1.82) is 0 Å². The third-order valence-electron chi connectivity index (χ3n) is 11.3. The van der Waals surface area contributed by atoms with E-state index in [1.165, 1.54) is 0 Å². The Morgan fingerprint density at radius 3 is 1.22 bits per heavy atom. The zero-order valence-electron chi connectivity index (χ0n) is 31.6. The fourth-order valence-electron chi connectivity index (χ4n) is 8.44. The summed E-state index contributed by atoms with van der Waals surface area (Å²) in [5.41, 5.74) is 10.1. The first-order valence-electron chi connectivity index (χ1n) is 18.5. The zero-order chi connectivity index (χ0) is 40.7. The van der Waals surface area contributed by atoms with Gasteiger partial charge in [-0.05, 0) is 104 Å². The molecule has 0 N–H and O–H groups in total.